The molecule has 2 aromatic rings. The number of ether oxygens (including phenoxy) is 2. The van der Waals surface area contributed by atoms with Gasteiger partial charge in [-0.15, -0.1) is 0 Å². The molecule has 0 saturated heterocycles. The minimum absolute atomic E-state index is 0.158. The SMILES string of the molecule is COc1ccc(C(C#Cc2ccccc2)CC(=O)CO)cc1OC1CCCC1. The summed E-state index contributed by atoms with van der Waals surface area (Å²) in [6.07, 6.45) is 4.83. The molecule has 4 heteroatoms. The summed E-state index contributed by atoms with van der Waals surface area (Å²) < 4.78 is 11.6. The average molecular weight is 378 g/mol. The molecule has 146 valence electrons. The van der Waals surface area contributed by atoms with Crippen molar-refractivity contribution in [1.82, 2.24) is 0 Å². The number of carbonyl (C=O) groups is 1. The van der Waals surface area contributed by atoms with E-state index >= 15 is 0 Å². The van der Waals surface area contributed by atoms with Gasteiger partial charge in [0.2, 0.25) is 0 Å². The molecular formula is C24H26O4. The first kappa shape index (κ1) is 20.0. The summed E-state index contributed by atoms with van der Waals surface area (Å²) in [6, 6.07) is 15.4. The number of hydrogen-bond acceptors (Lipinski definition) is 4. The molecule has 1 aliphatic carbocycles. The van der Waals surface area contributed by atoms with Crippen LogP contribution in [0.3, 0.4) is 0 Å². The number of Topliss-reactive ketones (excluding diaryl/α,β-unsaturated/α-hetero) is 1. The highest BCUT2D eigenvalue weighted by Crippen LogP contribution is 2.35. The molecule has 4 nitrogen and oxygen atoms in total. The maximum atomic E-state index is 11.9. The Morgan fingerprint density at radius 1 is 1.14 bits per heavy atom. The van der Waals surface area contributed by atoms with Crippen LogP contribution < -0.4 is 9.47 Å². The summed E-state index contributed by atoms with van der Waals surface area (Å²) in [5.74, 6) is 7.15. The molecule has 1 saturated carbocycles. The lowest BCUT2D eigenvalue weighted by Crippen LogP contribution is -2.13. The molecule has 3 rings (SSSR count). The van der Waals surface area contributed by atoms with E-state index in [9.17, 15) is 9.90 Å². The van der Waals surface area contributed by atoms with Gasteiger partial charge in [0, 0.05) is 12.0 Å². The number of benzene rings is 2. The first-order valence-corrected chi connectivity index (χ1v) is 9.73. The zero-order valence-electron chi connectivity index (χ0n) is 16.2. The van der Waals surface area contributed by atoms with Gasteiger partial charge in [-0.2, -0.15) is 0 Å². The van der Waals surface area contributed by atoms with Gasteiger partial charge in [-0.25, -0.2) is 0 Å². The lowest BCUT2D eigenvalue weighted by molar-refractivity contribution is -0.121. The van der Waals surface area contributed by atoms with E-state index in [1.54, 1.807) is 7.11 Å². The van der Waals surface area contributed by atoms with Crippen molar-refractivity contribution in [3.05, 3.63) is 59.7 Å². The Kier molecular flexibility index (Phi) is 7.11. The van der Waals surface area contributed by atoms with E-state index in [4.69, 9.17) is 9.47 Å². The van der Waals surface area contributed by atoms with Crippen molar-refractivity contribution in [2.24, 2.45) is 0 Å². The molecule has 28 heavy (non-hydrogen) atoms. The highest BCUT2D eigenvalue weighted by atomic mass is 16.5. The Hall–Kier alpha value is -2.77. The molecule has 1 fully saturated rings. The fraction of sp³-hybridized carbons (Fsp3) is 0.375. The van der Waals surface area contributed by atoms with Gasteiger partial charge in [-0.05, 0) is 55.5 Å². The highest BCUT2D eigenvalue weighted by molar-refractivity contribution is 5.80. The van der Waals surface area contributed by atoms with Crippen LogP contribution in [-0.2, 0) is 4.79 Å². The van der Waals surface area contributed by atoms with Crippen LogP contribution in [0.25, 0.3) is 0 Å². The zero-order valence-corrected chi connectivity index (χ0v) is 16.2. The number of hydrogen-bond donors (Lipinski definition) is 1. The lowest BCUT2D eigenvalue weighted by Gasteiger charge is -2.18. The fourth-order valence-corrected chi connectivity index (χ4v) is 3.42. The molecule has 1 atom stereocenters. The zero-order chi connectivity index (χ0) is 19.8. The van der Waals surface area contributed by atoms with E-state index in [0.717, 1.165) is 24.0 Å². The molecule has 1 unspecified atom stereocenters. The number of rotatable bonds is 7. The van der Waals surface area contributed by atoms with E-state index in [0.29, 0.717) is 11.5 Å². The molecular weight excluding hydrogens is 352 g/mol. The third kappa shape index (κ3) is 5.37. The normalized spacial score (nSPS) is 14.8. The first-order chi connectivity index (χ1) is 13.7. The first-order valence-electron chi connectivity index (χ1n) is 9.73. The second-order valence-electron chi connectivity index (χ2n) is 7.02. The van der Waals surface area contributed by atoms with E-state index in [1.165, 1.54) is 12.8 Å². The second kappa shape index (κ2) is 9.96. The molecule has 2 aromatic carbocycles. The van der Waals surface area contributed by atoms with E-state index in [2.05, 4.69) is 11.8 Å². The predicted octanol–water partition coefficient (Wildman–Crippen LogP) is 4.10. The number of ketones is 1. The van der Waals surface area contributed by atoms with Crippen LogP contribution >= 0.6 is 0 Å². The summed E-state index contributed by atoms with van der Waals surface area (Å²) >= 11 is 0. The molecule has 0 aromatic heterocycles. The third-order valence-corrected chi connectivity index (χ3v) is 4.96. The Balaban J connectivity index is 1.89. The Morgan fingerprint density at radius 3 is 2.57 bits per heavy atom. The fourth-order valence-electron chi connectivity index (χ4n) is 3.42. The topological polar surface area (TPSA) is 55.8 Å². The molecule has 0 radical (unpaired) electrons. The number of aliphatic hydroxyl groups is 1. The van der Waals surface area contributed by atoms with Gasteiger partial charge in [0.1, 0.15) is 6.61 Å². The smallest absolute Gasteiger partial charge is 0.161 e. The van der Waals surface area contributed by atoms with Gasteiger partial charge in [0.25, 0.3) is 0 Å². The monoisotopic (exact) mass is 378 g/mol. The molecule has 0 aliphatic heterocycles. The highest BCUT2D eigenvalue weighted by Gasteiger charge is 2.20. The molecule has 1 aliphatic rings. The Morgan fingerprint density at radius 2 is 1.89 bits per heavy atom. The van der Waals surface area contributed by atoms with E-state index in [1.807, 2.05) is 48.5 Å². The van der Waals surface area contributed by atoms with Crippen molar-refractivity contribution < 1.29 is 19.4 Å². The number of carbonyl (C=O) groups excluding carboxylic acids is 1. The van der Waals surface area contributed by atoms with Crippen LogP contribution in [0.1, 0.15) is 49.1 Å². The van der Waals surface area contributed by atoms with Crippen LogP contribution in [0.2, 0.25) is 0 Å². The number of aliphatic hydroxyl groups excluding tert-OH is 1. The minimum Gasteiger partial charge on any atom is -0.493 e. The Bertz CT molecular complexity index is 842. The van der Waals surface area contributed by atoms with Crippen LogP contribution in [0, 0.1) is 11.8 Å². The van der Waals surface area contributed by atoms with E-state index < -0.39 is 6.61 Å². The summed E-state index contributed by atoms with van der Waals surface area (Å²) in [6.45, 7) is -0.481. The summed E-state index contributed by atoms with van der Waals surface area (Å²) in [7, 11) is 1.62. The summed E-state index contributed by atoms with van der Waals surface area (Å²) in [4.78, 5) is 11.9. The van der Waals surface area contributed by atoms with Gasteiger partial charge in [-0.3, -0.25) is 4.79 Å². The van der Waals surface area contributed by atoms with Gasteiger partial charge in [0.05, 0.1) is 19.1 Å². The maximum absolute atomic E-state index is 11.9. The van der Waals surface area contributed by atoms with Gasteiger partial charge in [0.15, 0.2) is 17.3 Å². The standard InChI is InChI=1S/C24H26O4/c1-27-23-14-13-20(16-24(23)28-22-9-5-6-10-22)19(15-21(26)17-25)12-11-18-7-3-2-4-8-18/h2-4,7-8,13-14,16,19,22,25H,5-6,9-10,15,17H2,1H3. The molecule has 1 N–H and O–H groups in total. The number of methoxy groups -OCH3 is 1. The van der Waals surface area contributed by atoms with Crippen molar-refractivity contribution in [2.75, 3.05) is 13.7 Å². The van der Waals surface area contributed by atoms with Crippen LogP contribution in [0.15, 0.2) is 48.5 Å². The summed E-state index contributed by atoms with van der Waals surface area (Å²) in [5.41, 5.74) is 1.78. The predicted molar refractivity (Wildman–Crippen MR) is 109 cm³/mol. The maximum Gasteiger partial charge on any atom is 0.161 e. The van der Waals surface area contributed by atoms with Gasteiger partial charge < -0.3 is 14.6 Å². The summed E-state index contributed by atoms with van der Waals surface area (Å²) in [5, 5.41) is 9.20. The molecule has 0 amide bonds. The van der Waals surface area contributed by atoms with E-state index in [-0.39, 0.29) is 24.2 Å². The minimum atomic E-state index is -0.481. The lowest BCUT2D eigenvalue weighted by atomic mass is 9.93. The van der Waals surface area contributed by atoms with Crippen LogP contribution in [-0.4, -0.2) is 30.7 Å². The van der Waals surface area contributed by atoms with Gasteiger partial charge in [-0.1, -0.05) is 36.1 Å². The average Bonchev–Trinajstić information content (AvgIpc) is 3.24. The van der Waals surface area contributed by atoms with Crippen molar-refractivity contribution in [1.29, 1.82) is 0 Å². The van der Waals surface area contributed by atoms with Crippen molar-refractivity contribution >= 4 is 5.78 Å². The molecule has 0 bridgehead atoms. The second-order valence-corrected chi connectivity index (χ2v) is 7.02. The van der Waals surface area contributed by atoms with Crippen molar-refractivity contribution in [2.45, 2.75) is 44.1 Å². The Labute approximate surface area is 166 Å². The molecule has 0 heterocycles. The third-order valence-electron chi connectivity index (χ3n) is 4.96. The van der Waals surface area contributed by atoms with Crippen LogP contribution in [0.5, 0.6) is 11.5 Å². The van der Waals surface area contributed by atoms with Gasteiger partial charge >= 0.3 is 0 Å². The van der Waals surface area contributed by atoms with Crippen molar-refractivity contribution in [3.63, 3.8) is 0 Å². The molecule has 0 spiro atoms. The van der Waals surface area contributed by atoms with Crippen molar-refractivity contribution in [3.8, 4) is 23.3 Å². The van der Waals surface area contributed by atoms with Crippen LogP contribution in [0.4, 0.5) is 0 Å². The largest absolute Gasteiger partial charge is 0.493 e. The quantitative estimate of drug-likeness (QED) is 0.737.